The number of nitrogens with one attached hydrogen (secondary N) is 1. The molecule has 0 saturated carbocycles. The Kier molecular flexibility index (Phi) is 7.74. The zero-order chi connectivity index (χ0) is 22.4. The molecule has 2 aromatic rings. The van der Waals surface area contributed by atoms with Crippen LogP contribution in [0.5, 0.6) is 0 Å². The van der Waals surface area contributed by atoms with E-state index in [9.17, 15) is 18.0 Å². The molecule has 3 rings (SSSR count). The van der Waals surface area contributed by atoms with E-state index < -0.39 is 15.9 Å². The minimum absolute atomic E-state index is 0.118. The largest absolute Gasteiger partial charge is 0.339 e. The molecule has 166 valence electrons. The lowest BCUT2D eigenvalue weighted by Crippen LogP contribution is -2.32. The van der Waals surface area contributed by atoms with Gasteiger partial charge in [0.25, 0.3) is 11.1 Å². The second-order valence-corrected chi connectivity index (χ2v) is 10.5. The third kappa shape index (κ3) is 5.87. The standard InChI is InChI=1S/C22H27N3O4S2/c1-24(2)22(27)30-20-13-6-5-12-19(20)23-21(26)17-10-9-11-18(16-17)31(28,29)25-14-7-3-4-8-15-25/h5-6,9-13,16H,3-4,7-8,14-15H2,1-2H3,(H,23,26). The summed E-state index contributed by atoms with van der Waals surface area (Å²) in [5, 5.41) is 2.64. The number of sulfonamides is 1. The average molecular weight is 462 g/mol. The predicted octanol–water partition coefficient (Wildman–Crippen LogP) is 4.28. The maximum Gasteiger partial charge on any atom is 0.286 e. The second-order valence-electron chi connectivity index (χ2n) is 7.56. The Hall–Kier alpha value is -2.36. The molecule has 0 unspecified atom stereocenters. The van der Waals surface area contributed by atoms with Crippen molar-refractivity contribution in [1.29, 1.82) is 0 Å². The molecule has 0 aliphatic carbocycles. The lowest BCUT2D eigenvalue weighted by molar-refractivity contribution is 0.102. The van der Waals surface area contributed by atoms with Gasteiger partial charge in [-0.25, -0.2) is 8.42 Å². The molecule has 2 amide bonds. The molecular formula is C22H27N3O4S2. The van der Waals surface area contributed by atoms with Gasteiger partial charge in [0.2, 0.25) is 10.0 Å². The van der Waals surface area contributed by atoms with Crippen molar-refractivity contribution in [3.05, 3.63) is 54.1 Å². The molecule has 1 saturated heterocycles. The topological polar surface area (TPSA) is 86.8 Å². The molecule has 1 aliphatic rings. The number of rotatable bonds is 5. The Morgan fingerprint density at radius 2 is 1.65 bits per heavy atom. The minimum Gasteiger partial charge on any atom is -0.339 e. The van der Waals surface area contributed by atoms with Crippen molar-refractivity contribution in [2.45, 2.75) is 35.5 Å². The van der Waals surface area contributed by atoms with Gasteiger partial charge in [0.15, 0.2) is 0 Å². The molecule has 1 aliphatic heterocycles. The highest BCUT2D eigenvalue weighted by Gasteiger charge is 2.26. The van der Waals surface area contributed by atoms with Crippen LogP contribution in [0.1, 0.15) is 36.0 Å². The van der Waals surface area contributed by atoms with Gasteiger partial charge in [0.1, 0.15) is 0 Å². The van der Waals surface area contributed by atoms with Crippen LogP contribution in [0.3, 0.4) is 0 Å². The van der Waals surface area contributed by atoms with E-state index in [1.165, 1.54) is 21.3 Å². The van der Waals surface area contributed by atoms with Crippen LogP contribution < -0.4 is 5.32 Å². The van der Waals surface area contributed by atoms with Crippen molar-refractivity contribution in [2.75, 3.05) is 32.5 Å². The molecule has 9 heteroatoms. The van der Waals surface area contributed by atoms with E-state index in [1.54, 1.807) is 50.5 Å². The van der Waals surface area contributed by atoms with Crippen molar-refractivity contribution in [3.63, 3.8) is 0 Å². The molecule has 0 bridgehead atoms. The fourth-order valence-corrected chi connectivity index (χ4v) is 5.58. The third-order valence-corrected chi connectivity index (χ3v) is 8.01. The summed E-state index contributed by atoms with van der Waals surface area (Å²) in [5.41, 5.74) is 0.739. The molecule has 0 aromatic heterocycles. The van der Waals surface area contributed by atoms with Crippen molar-refractivity contribution in [3.8, 4) is 0 Å². The summed E-state index contributed by atoms with van der Waals surface area (Å²) in [6.07, 6.45) is 3.75. The van der Waals surface area contributed by atoms with Gasteiger partial charge in [-0.3, -0.25) is 9.59 Å². The normalized spacial score (nSPS) is 15.2. The number of hydrogen-bond donors (Lipinski definition) is 1. The summed E-state index contributed by atoms with van der Waals surface area (Å²) in [5.74, 6) is -0.432. The Morgan fingerprint density at radius 3 is 2.32 bits per heavy atom. The number of carbonyl (C=O) groups is 2. The summed E-state index contributed by atoms with van der Waals surface area (Å²) in [6.45, 7) is 1.01. The summed E-state index contributed by atoms with van der Waals surface area (Å²) in [6, 6.07) is 13.1. The number of hydrogen-bond acceptors (Lipinski definition) is 5. The lowest BCUT2D eigenvalue weighted by Gasteiger charge is -2.20. The summed E-state index contributed by atoms with van der Waals surface area (Å²) < 4.78 is 27.6. The second kappa shape index (κ2) is 10.3. The Bertz CT molecular complexity index is 1050. The SMILES string of the molecule is CN(C)C(=O)Sc1ccccc1NC(=O)c1cccc(S(=O)(=O)N2CCCCCC2)c1. The van der Waals surface area contributed by atoms with E-state index in [0.29, 0.717) is 23.7 Å². The molecule has 7 nitrogen and oxygen atoms in total. The quantitative estimate of drug-likeness (QED) is 0.672. The van der Waals surface area contributed by atoms with Crippen LogP contribution >= 0.6 is 11.8 Å². The predicted molar refractivity (Wildman–Crippen MR) is 123 cm³/mol. The van der Waals surface area contributed by atoms with Crippen LogP contribution in [0.2, 0.25) is 0 Å². The van der Waals surface area contributed by atoms with E-state index in [1.807, 2.05) is 0 Å². The molecule has 0 spiro atoms. The van der Waals surface area contributed by atoms with Gasteiger partial charge in [-0.1, -0.05) is 31.0 Å². The van der Waals surface area contributed by atoms with Crippen LogP contribution in [0.15, 0.2) is 58.3 Å². The third-order valence-electron chi connectivity index (χ3n) is 5.00. The Balaban J connectivity index is 1.81. The van der Waals surface area contributed by atoms with E-state index >= 15 is 0 Å². The first kappa shape index (κ1) is 23.3. The van der Waals surface area contributed by atoms with Crippen molar-refractivity contribution < 1.29 is 18.0 Å². The molecule has 0 atom stereocenters. The van der Waals surface area contributed by atoms with Crippen LogP contribution in [-0.2, 0) is 10.0 Å². The monoisotopic (exact) mass is 461 g/mol. The van der Waals surface area contributed by atoms with Gasteiger partial charge < -0.3 is 10.2 Å². The fraction of sp³-hybridized carbons (Fsp3) is 0.364. The van der Waals surface area contributed by atoms with Crippen LogP contribution in [0, 0.1) is 0 Å². The van der Waals surface area contributed by atoms with Crippen LogP contribution in [-0.4, -0.2) is 56.0 Å². The molecule has 1 fully saturated rings. The number of benzene rings is 2. The van der Waals surface area contributed by atoms with Gasteiger partial charge >= 0.3 is 0 Å². The van der Waals surface area contributed by atoms with Crippen molar-refractivity contribution in [2.24, 2.45) is 0 Å². The first-order chi connectivity index (χ1) is 14.8. The highest BCUT2D eigenvalue weighted by Crippen LogP contribution is 2.29. The first-order valence-corrected chi connectivity index (χ1v) is 12.4. The first-order valence-electron chi connectivity index (χ1n) is 10.2. The van der Waals surface area contributed by atoms with E-state index in [0.717, 1.165) is 37.4 Å². The van der Waals surface area contributed by atoms with Gasteiger partial charge in [-0.2, -0.15) is 4.31 Å². The smallest absolute Gasteiger partial charge is 0.286 e. The zero-order valence-electron chi connectivity index (χ0n) is 17.7. The summed E-state index contributed by atoms with van der Waals surface area (Å²) >= 11 is 1.01. The van der Waals surface area contributed by atoms with Crippen molar-refractivity contribution >= 4 is 38.6 Å². The van der Waals surface area contributed by atoms with E-state index in [4.69, 9.17) is 0 Å². The number of thioether (sulfide) groups is 1. The Labute approximate surface area is 187 Å². The average Bonchev–Trinajstić information content (AvgIpc) is 3.05. The van der Waals surface area contributed by atoms with Gasteiger partial charge in [0, 0.05) is 37.6 Å². The highest BCUT2D eigenvalue weighted by molar-refractivity contribution is 8.13. The summed E-state index contributed by atoms with van der Waals surface area (Å²) in [4.78, 5) is 27.1. The van der Waals surface area contributed by atoms with E-state index in [-0.39, 0.29) is 15.7 Å². The molecule has 1 N–H and O–H groups in total. The van der Waals surface area contributed by atoms with Crippen molar-refractivity contribution in [1.82, 2.24) is 9.21 Å². The number of anilines is 1. The zero-order valence-corrected chi connectivity index (χ0v) is 19.3. The number of nitrogens with zero attached hydrogens (tertiary/aromatic N) is 2. The number of para-hydroxylation sites is 1. The minimum atomic E-state index is -3.65. The maximum absolute atomic E-state index is 13.1. The van der Waals surface area contributed by atoms with E-state index in [2.05, 4.69) is 5.32 Å². The van der Waals surface area contributed by atoms with Crippen LogP contribution in [0.25, 0.3) is 0 Å². The summed E-state index contributed by atoms with van der Waals surface area (Å²) in [7, 11) is -0.330. The molecule has 31 heavy (non-hydrogen) atoms. The van der Waals surface area contributed by atoms with Crippen LogP contribution in [0.4, 0.5) is 10.5 Å². The highest BCUT2D eigenvalue weighted by atomic mass is 32.2. The molecule has 0 radical (unpaired) electrons. The van der Waals surface area contributed by atoms with Gasteiger partial charge in [0.05, 0.1) is 10.6 Å². The lowest BCUT2D eigenvalue weighted by atomic mass is 10.2. The Morgan fingerprint density at radius 1 is 0.968 bits per heavy atom. The van der Waals surface area contributed by atoms with Gasteiger partial charge in [-0.15, -0.1) is 0 Å². The number of amides is 2. The molecule has 1 heterocycles. The number of carbonyl (C=O) groups excluding carboxylic acids is 2. The van der Waals surface area contributed by atoms with Gasteiger partial charge in [-0.05, 0) is 54.9 Å². The maximum atomic E-state index is 13.1. The molecule has 2 aromatic carbocycles. The molecular weight excluding hydrogens is 434 g/mol. The fourth-order valence-electron chi connectivity index (χ4n) is 3.27.